The molecule has 0 radical (unpaired) electrons. The summed E-state index contributed by atoms with van der Waals surface area (Å²) in [5.74, 6) is -0.256. The molecule has 0 aliphatic carbocycles. The highest BCUT2D eigenvalue weighted by Crippen LogP contribution is 2.16. The monoisotopic (exact) mass is 306 g/mol. The zero-order chi connectivity index (χ0) is 16.2. The third kappa shape index (κ3) is 3.30. The van der Waals surface area contributed by atoms with Gasteiger partial charge in [0.15, 0.2) is 0 Å². The fourth-order valence-corrected chi connectivity index (χ4v) is 2.48. The van der Waals surface area contributed by atoms with Crippen molar-refractivity contribution >= 4 is 22.5 Å². The van der Waals surface area contributed by atoms with Crippen molar-refractivity contribution in [3.05, 3.63) is 71.9 Å². The molecule has 0 aliphatic rings. The Hall–Kier alpha value is -2.92. The molecule has 2 aromatic carbocycles. The van der Waals surface area contributed by atoms with Gasteiger partial charge >= 0.3 is 0 Å². The van der Waals surface area contributed by atoms with Crippen molar-refractivity contribution in [3.63, 3.8) is 0 Å². The van der Waals surface area contributed by atoms with Gasteiger partial charge in [-0.2, -0.15) is 0 Å². The second kappa shape index (κ2) is 6.46. The molecule has 1 amide bonds. The summed E-state index contributed by atoms with van der Waals surface area (Å²) in [5, 5.41) is 3.90. The molecular weight excluding hydrogens is 288 g/mol. The van der Waals surface area contributed by atoms with Crippen LogP contribution in [0.4, 0.5) is 5.69 Å². The summed E-state index contributed by atoms with van der Waals surface area (Å²) in [4.78, 5) is 16.9. The molecule has 116 valence electrons. The van der Waals surface area contributed by atoms with Crippen LogP contribution < -0.4 is 16.8 Å². The van der Waals surface area contributed by atoms with Gasteiger partial charge in [-0.05, 0) is 29.8 Å². The first-order valence-corrected chi connectivity index (χ1v) is 7.39. The van der Waals surface area contributed by atoms with Crippen molar-refractivity contribution in [1.82, 2.24) is 10.3 Å². The number of nitrogen functional groups attached to an aromatic ring is 1. The molecule has 1 atom stereocenters. The van der Waals surface area contributed by atoms with E-state index in [-0.39, 0.29) is 18.5 Å². The standard InChI is InChI=1S/C18H18N4O/c19-11-17(13-5-3-6-14(20)10-13)22-18(23)16-9-8-12-4-1-2-7-15(12)21-16/h1-10,17H,11,19-20H2,(H,22,23)/t17-/m1/s1. The average molecular weight is 306 g/mol. The van der Waals surface area contributed by atoms with Crippen LogP contribution in [0.3, 0.4) is 0 Å². The van der Waals surface area contributed by atoms with Crippen LogP contribution in [0, 0.1) is 0 Å². The first kappa shape index (κ1) is 15.0. The van der Waals surface area contributed by atoms with Crippen molar-refractivity contribution in [3.8, 4) is 0 Å². The number of anilines is 1. The van der Waals surface area contributed by atoms with E-state index in [9.17, 15) is 4.79 Å². The van der Waals surface area contributed by atoms with Gasteiger partial charge in [-0.3, -0.25) is 4.79 Å². The number of carbonyl (C=O) groups excluding carboxylic acids is 1. The number of para-hydroxylation sites is 1. The molecule has 0 aliphatic heterocycles. The summed E-state index contributed by atoms with van der Waals surface area (Å²) >= 11 is 0. The first-order valence-electron chi connectivity index (χ1n) is 7.39. The average Bonchev–Trinajstić information content (AvgIpc) is 2.59. The SMILES string of the molecule is NC[C@@H](NC(=O)c1ccc2ccccc2n1)c1cccc(N)c1. The Labute approximate surface area is 134 Å². The van der Waals surface area contributed by atoms with E-state index in [0.29, 0.717) is 11.4 Å². The van der Waals surface area contributed by atoms with E-state index >= 15 is 0 Å². The molecule has 0 spiro atoms. The summed E-state index contributed by atoms with van der Waals surface area (Å²) in [6.45, 7) is 0.281. The molecule has 23 heavy (non-hydrogen) atoms. The van der Waals surface area contributed by atoms with E-state index in [0.717, 1.165) is 16.5 Å². The third-order valence-corrected chi connectivity index (χ3v) is 3.69. The number of hydrogen-bond acceptors (Lipinski definition) is 4. The van der Waals surface area contributed by atoms with E-state index in [1.807, 2.05) is 48.5 Å². The Morgan fingerprint density at radius 3 is 2.70 bits per heavy atom. The summed E-state index contributed by atoms with van der Waals surface area (Å²) in [7, 11) is 0. The van der Waals surface area contributed by atoms with Gasteiger partial charge in [0.2, 0.25) is 0 Å². The lowest BCUT2D eigenvalue weighted by atomic mass is 10.1. The Bertz CT molecular complexity index is 847. The van der Waals surface area contributed by atoms with Gasteiger partial charge in [-0.1, -0.05) is 36.4 Å². The van der Waals surface area contributed by atoms with Crippen LogP contribution in [-0.2, 0) is 0 Å². The van der Waals surface area contributed by atoms with Gasteiger partial charge in [0.25, 0.3) is 5.91 Å². The van der Waals surface area contributed by atoms with Crippen molar-refractivity contribution in [2.75, 3.05) is 12.3 Å². The van der Waals surface area contributed by atoms with Gasteiger partial charge in [0.1, 0.15) is 5.69 Å². The predicted octanol–water partition coefficient (Wildman–Crippen LogP) is 2.25. The smallest absolute Gasteiger partial charge is 0.270 e. The van der Waals surface area contributed by atoms with Crippen LogP contribution >= 0.6 is 0 Å². The van der Waals surface area contributed by atoms with Crippen LogP contribution in [0.2, 0.25) is 0 Å². The number of benzene rings is 2. The topological polar surface area (TPSA) is 94.0 Å². The van der Waals surface area contributed by atoms with Crippen LogP contribution in [-0.4, -0.2) is 17.4 Å². The van der Waals surface area contributed by atoms with Crippen molar-refractivity contribution in [2.24, 2.45) is 5.73 Å². The minimum Gasteiger partial charge on any atom is -0.399 e. The Morgan fingerprint density at radius 1 is 1.09 bits per heavy atom. The van der Waals surface area contributed by atoms with Gasteiger partial charge < -0.3 is 16.8 Å². The fraction of sp³-hybridized carbons (Fsp3) is 0.111. The maximum Gasteiger partial charge on any atom is 0.270 e. The minimum atomic E-state index is -0.306. The number of nitrogens with two attached hydrogens (primary N) is 2. The summed E-state index contributed by atoms with van der Waals surface area (Å²) in [6.07, 6.45) is 0. The van der Waals surface area contributed by atoms with E-state index < -0.39 is 0 Å². The lowest BCUT2D eigenvalue weighted by Crippen LogP contribution is -2.33. The molecule has 5 nitrogen and oxygen atoms in total. The van der Waals surface area contributed by atoms with E-state index in [4.69, 9.17) is 11.5 Å². The number of fused-ring (bicyclic) bond motifs is 1. The van der Waals surface area contributed by atoms with Crippen LogP contribution in [0.5, 0.6) is 0 Å². The molecule has 1 aromatic heterocycles. The molecule has 0 saturated heterocycles. The second-order valence-corrected chi connectivity index (χ2v) is 5.32. The normalized spacial score (nSPS) is 12.0. The molecule has 0 bridgehead atoms. The zero-order valence-electron chi connectivity index (χ0n) is 12.6. The number of carbonyl (C=O) groups is 1. The Balaban J connectivity index is 1.83. The van der Waals surface area contributed by atoms with E-state index in [1.165, 1.54) is 0 Å². The molecule has 0 saturated carbocycles. The molecule has 5 N–H and O–H groups in total. The lowest BCUT2D eigenvalue weighted by molar-refractivity contribution is 0.0933. The molecule has 1 heterocycles. The number of pyridine rings is 1. The third-order valence-electron chi connectivity index (χ3n) is 3.69. The molecule has 0 fully saturated rings. The molecule has 3 rings (SSSR count). The highest BCUT2D eigenvalue weighted by molar-refractivity contribution is 5.95. The molecular formula is C18H18N4O. The first-order chi connectivity index (χ1) is 11.2. The maximum atomic E-state index is 12.5. The van der Waals surface area contributed by atoms with Crippen LogP contribution in [0.25, 0.3) is 10.9 Å². The number of hydrogen-bond donors (Lipinski definition) is 3. The van der Waals surface area contributed by atoms with E-state index in [2.05, 4.69) is 10.3 Å². The highest BCUT2D eigenvalue weighted by Gasteiger charge is 2.15. The van der Waals surface area contributed by atoms with Gasteiger partial charge in [-0.25, -0.2) is 4.98 Å². The van der Waals surface area contributed by atoms with Gasteiger partial charge in [0, 0.05) is 17.6 Å². The second-order valence-electron chi connectivity index (χ2n) is 5.32. The number of aromatic nitrogens is 1. The number of nitrogens with one attached hydrogen (secondary N) is 1. The maximum absolute atomic E-state index is 12.5. The Morgan fingerprint density at radius 2 is 1.91 bits per heavy atom. The molecule has 3 aromatic rings. The number of rotatable bonds is 4. The fourth-order valence-electron chi connectivity index (χ4n) is 2.48. The van der Waals surface area contributed by atoms with Crippen molar-refractivity contribution < 1.29 is 4.79 Å². The predicted molar refractivity (Wildman–Crippen MR) is 91.9 cm³/mol. The summed E-state index contributed by atoms with van der Waals surface area (Å²) in [5.41, 5.74) is 14.3. The van der Waals surface area contributed by atoms with Crippen molar-refractivity contribution in [1.29, 1.82) is 0 Å². The molecule has 0 unspecified atom stereocenters. The minimum absolute atomic E-state index is 0.256. The Kier molecular flexibility index (Phi) is 4.21. The zero-order valence-corrected chi connectivity index (χ0v) is 12.6. The van der Waals surface area contributed by atoms with Crippen LogP contribution in [0.1, 0.15) is 22.1 Å². The van der Waals surface area contributed by atoms with Crippen LogP contribution in [0.15, 0.2) is 60.7 Å². The summed E-state index contributed by atoms with van der Waals surface area (Å²) in [6, 6.07) is 18.3. The van der Waals surface area contributed by atoms with E-state index in [1.54, 1.807) is 12.1 Å². The molecule has 5 heteroatoms. The largest absolute Gasteiger partial charge is 0.399 e. The highest BCUT2D eigenvalue weighted by atomic mass is 16.1. The number of nitrogens with zero attached hydrogens (tertiary/aromatic N) is 1. The van der Waals surface area contributed by atoms with Gasteiger partial charge in [0.05, 0.1) is 11.6 Å². The number of amides is 1. The van der Waals surface area contributed by atoms with Gasteiger partial charge in [-0.15, -0.1) is 0 Å². The summed E-state index contributed by atoms with van der Waals surface area (Å²) < 4.78 is 0. The quantitative estimate of drug-likeness (QED) is 0.644. The lowest BCUT2D eigenvalue weighted by Gasteiger charge is -2.17. The van der Waals surface area contributed by atoms with Crippen molar-refractivity contribution in [2.45, 2.75) is 6.04 Å².